The zero-order valence-corrected chi connectivity index (χ0v) is 20.5. The van der Waals surface area contributed by atoms with Crippen molar-refractivity contribution in [2.45, 2.75) is 13.5 Å². The number of phenols is 1. The lowest BCUT2D eigenvalue weighted by atomic mass is 9.98. The molecule has 37 heavy (non-hydrogen) atoms. The van der Waals surface area contributed by atoms with E-state index in [0.717, 1.165) is 17.8 Å². The fraction of sp³-hybridized carbons (Fsp3) is 0.346. The molecule has 0 amide bonds. The molecule has 0 radical (unpaired) electrons. The minimum atomic E-state index is -1.45. The van der Waals surface area contributed by atoms with Crippen molar-refractivity contribution in [2.75, 3.05) is 43.6 Å². The summed E-state index contributed by atoms with van der Waals surface area (Å²) < 4.78 is 21.7. The number of carbonyl (C=O) groups is 2. The number of nitrogens with one attached hydrogen (secondary N) is 2. The summed E-state index contributed by atoms with van der Waals surface area (Å²) >= 11 is 0. The van der Waals surface area contributed by atoms with Crippen LogP contribution < -0.4 is 21.1 Å². The fourth-order valence-corrected chi connectivity index (χ4v) is 4.69. The number of aromatic carboxylic acids is 1. The van der Waals surface area contributed by atoms with E-state index >= 15 is 4.39 Å². The van der Waals surface area contributed by atoms with E-state index in [1.54, 1.807) is 4.90 Å². The summed E-state index contributed by atoms with van der Waals surface area (Å²) in [7, 11) is 1.49. The van der Waals surface area contributed by atoms with E-state index in [2.05, 4.69) is 10.7 Å². The van der Waals surface area contributed by atoms with Crippen molar-refractivity contribution in [1.82, 2.24) is 9.99 Å². The molecule has 4 rings (SSSR count). The number of phenolic OH excluding ortho intramolecular Hbond substituents is 1. The summed E-state index contributed by atoms with van der Waals surface area (Å²) in [5.41, 5.74) is 2.11. The number of hydrogen-bond donors (Lipinski definition) is 4. The molecular formula is C26H29FN4O6. The fourth-order valence-electron chi connectivity index (χ4n) is 4.69. The van der Waals surface area contributed by atoms with Crippen molar-refractivity contribution in [1.29, 1.82) is 0 Å². The summed E-state index contributed by atoms with van der Waals surface area (Å²) in [5.74, 6) is -2.94. The van der Waals surface area contributed by atoms with E-state index in [1.165, 1.54) is 11.7 Å². The van der Waals surface area contributed by atoms with E-state index < -0.39 is 28.5 Å². The van der Waals surface area contributed by atoms with E-state index in [4.69, 9.17) is 4.74 Å². The maximum Gasteiger partial charge on any atom is 0.341 e. The third-order valence-corrected chi connectivity index (χ3v) is 6.66. The van der Waals surface area contributed by atoms with Gasteiger partial charge in [0.1, 0.15) is 23.4 Å². The Hall–Kier alpha value is -4.12. The van der Waals surface area contributed by atoms with Crippen molar-refractivity contribution in [3.63, 3.8) is 0 Å². The van der Waals surface area contributed by atoms with Crippen molar-refractivity contribution >= 4 is 28.5 Å². The second-order valence-electron chi connectivity index (χ2n) is 9.14. The van der Waals surface area contributed by atoms with Crippen molar-refractivity contribution in [3.8, 4) is 5.75 Å². The monoisotopic (exact) mass is 512 g/mol. The van der Waals surface area contributed by atoms with Crippen LogP contribution in [-0.4, -0.2) is 60.1 Å². The Kier molecular flexibility index (Phi) is 7.63. The van der Waals surface area contributed by atoms with Gasteiger partial charge in [-0.15, -0.1) is 0 Å². The van der Waals surface area contributed by atoms with E-state index in [0.29, 0.717) is 19.6 Å². The van der Waals surface area contributed by atoms with Crippen LogP contribution in [0.2, 0.25) is 0 Å². The first-order chi connectivity index (χ1) is 17.7. The number of rotatable bonds is 9. The minimum absolute atomic E-state index is 0.00992. The number of benzene rings is 2. The lowest BCUT2D eigenvalue weighted by molar-refractivity contribution is -0.143. The highest BCUT2D eigenvalue weighted by atomic mass is 19.1. The maximum atomic E-state index is 15.2. The van der Waals surface area contributed by atoms with Gasteiger partial charge in [-0.2, -0.15) is 0 Å². The largest absolute Gasteiger partial charge is 0.504 e. The summed E-state index contributed by atoms with van der Waals surface area (Å²) in [5, 5.41) is 23.2. The number of esters is 1. The van der Waals surface area contributed by atoms with Gasteiger partial charge in [0.15, 0.2) is 11.6 Å². The van der Waals surface area contributed by atoms with Crippen molar-refractivity contribution < 1.29 is 28.9 Å². The molecule has 1 aromatic heterocycles. The average Bonchev–Trinajstić information content (AvgIpc) is 3.23. The Labute approximate surface area is 212 Å². The van der Waals surface area contributed by atoms with Crippen LogP contribution in [0.5, 0.6) is 5.75 Å². The Balaban J connectivity index is 1.46. The number of nitrogens with zero attached hydrogens (tertiary/aromatic N) is 2. The predicted octanol–water partition coefficient (Wildman–Crippen LogP) is 2.12. The molecule has 3 aromatic rings. The molecule has 2 atom stereocenters. The molecule has 0 spiro atoms. The molecule has 0 bridgehead atoms. The molecule has 4 N–H and O–H groups in total. The molecule has 1 fully saturated rings. The van der Waals surface area contributed by atoms with Crippen LogP contribution in [0.3, 0.4) is 0 Å². The number of pyridine rings is 1. The van der Waals surface area contributed by atoms with Gasteiger partial charge in [0, 0.05) is 32.9 Å². The predicted molar refractivity (Wildman–Crippen MR) is 136 cm³/mol. The molecule has 11 heteroatoms. The topological polar surface area (TPSA) is 133 Å². The second-order valence-corrected chi connectivity index (χ2v) is 9.14. The molecule has 1 aliphatic heterocycles. The average molecular weight is 513 g/mol. The number of aromatic nitrogens is 1. The summed E-state index contributed by atoms with van der Waals surface area (Å²) in [6.45, 7) is 3.56. The zero-order valence-electron chi connectivity index (χ0n) is 20.5. The van der Waals surface area contributed by atoms with E-state index in [1.807, 2.05) is 37.3 Å². The number of halogens is 1. The molecule has 2 unspecified atom stereocenters. The number of carboxylic acids is 1. The number of aromatic hydroxyl groups is 1. The van der Waals surface area contributed by atoms with Crippen LogP contribution in [0.1, 0.15) is 22.8 Å². The van der Waals surface area contributed by atoms with Crippen LogP contribution in [0, 0.1) is 17.7 Å². The van der Waals surface area contributed by atoms with Gasteiger partial charge < -0.3 is 30.6 Å². The smallest absolute Gasteiger partial charge is 0.341 e. The summed E-state index contributed by atoms with van der Waals surface area (Å²) in [6, 6.07) is 10.3. The molecular weight excluding hydrogens is 483 g/mol. The number of fused-ring (bicyclic) bond motifs is 1. The number of hydrogen-bond acceptors (Lipinski definition) is 8. The molecule has 0 saturated carbocycles. The maximum absolute atomic E-state index is 15.2. The van der Waals surface area contributed by atoms with Gasteiger partial charge in [0.2, 0.25) is 5.43 Å². The SMILES string of the molecule is CNn1cc(C(=O)O)c(=O)c2cc(F)c(N3CC(C)C(CNCC(=O)OCc4ccccc4)C3)c(O)c21. The van der Waals surface area contributed by atoms with Gasteiger partial charge in [0.05, 0.1) is 11.9 Å². The number of carboxylic acid groups (broad SMARTS) is 1. The van der Waals surface area contributed by atoms with Crippen LogP contribution in [0.15, 0.2) is 47.4 Å². The van der Waals surface area contributed by atoms with Crippen LogP contribution in [-0.2, 0) is 16.1 Å². The quantitative estimate of drug-likeness (QED) is 0.318. The molecule has 1 saturated heterocycles. The van der Waals surface area contributed by atoms with Crippen LogP contribution >= 0.6 is 0 Å². The number of anilines is 1. The van der Waals surface area contributed by atoms with Gasteiger partial charge in [-0.05, 0) is 23.5 Å². The Morgan fingerprint density at radius 1 is 1.22 bits per heavy atom. The highest BCUT2D eigenvalue weighted by molar-refractivity contribution is 5.96. The van der Waals surface area contributed by atoms with Gasteiger partial charge in [-0.25, -0.2) is 9.18 Å². The lowest BCUT2D eigenvalue weighted by Crippen LogP contribution is -2.32. The van der Waals surface area contributed by atoms with Gasteiger partial charge in [-0.1, -0.05) is 37.3 Å². The highest BCUT2D eigenvalue weighted by Crippen LogP contribution is 2.40. The first-order valence-corrected chi connectivity index (χ1v) is 11.9. The second kappa shape index (κ2) is 10.9. The minimum Gasteiger partial charge on any atom is -0.504 e. The van der Waals surface area contributed by atoms with Gasteiger partial charge in [0.25, 0.3) is 0 Å². The Bertz CT molecular complexity index is 1380. The third-order valence-electron chi connectivity index (χ3n) is 6.66. The Morgan fingerprint density at radius 2 is 1.95 bits per heavy atom. The van der Waals surface area contributed by atoms with E-state index in [-0.39, 0.29) is 47.5 Å². The first-order valence-electron chi connectivity index (χ1n) is 11.9. The van der Waals surface area contributed by atoms with Crippen molar-refractivity contribution in [3.05, 3.63) is 69.8 Å². The molecule has 0 aliphatic carbocycles. The number of carbonyl (C=O) groups excluding carboxylic acids is 1. The normalized spacial score (nSPS) is 17.2. The molecule has 1 aliphatic rings. The molecule has 2 heterocycles. The standard InChI is InChI=1S/C26H29FN4O6/c1-15-11-30(12-17(15)9-29-10-21(32)37-14-16-6-4-3-5-7-16)23-20(27)8-18-22(25(23)34)31(28-2)13-19(24(18)33)26(35)36/h3-8,13,15,17,28-29,34H,9-12,14H2,1-2H3,(H,35,36). The lowest BCUT2D eigenvalue weighted by Gasteiger charge is -2.23. The van der Waals surface area contributed by atoms with Crippen LogP contribution in [0.25, 0.3) is 10.9 Å². The molecule has 196 valence electrons. The molecule has 10 nitrogen and oxygen atoms in total. The van der Waals surface area contributed by atoms with Gasteiger partial charge >= 0.3 is 11.9 Å². The van der Waals surface area contributed by atoms with Crippen molar-refractivity contribution in [2.24, 2.45) is 11.8 Å². The van der Waals surface area contributed by atoms with Gasteiger partial charge in [-0.3, -0.25) is 14.3 Å². The zero-order chi connectivity index (χ0) is 26.7. The summed E-state index contributed by atoms with van der Waals surface area (Å²) in [6.07, 6.45) is 1.06. The van der Waals surface area contributed by atoms with Crippen LogP contribution in [0.4, 0.5) is 10.1 Å². The Morgan fingerprint density at radius 3 is 2.62 bits per heavy atom. The number of ether oxygens (including phenoxy) is 1. The van der Waals surface area contributed by atoms with E-state index in [9.17, 15) is 24.6 Å². The summed E-state index contributed by atoms with van der Waals surface area (Å²) in [4.78, 5) is 37.8. The highest BCUT2D eigenvalue weighted by Gasteiger charge is 2.33. The molecule has 2 aromatic carbocycles. The third kappa shape index (κ3) is 5.36. The first kappa shape index (κ1) is 26.0.